The fourth-order valence-electron chi connectivity index (χ4n) is 12.6. The Bertz CT molecular complexity index is 4310. The highest BCUT2D eigenvalue weighted by atomic mass is 16.4. The van der Waals surface area contributed by atoms with E-state index in [2.05, 4.69) is 254 Å². The van der Waals surface area contributed by atoms with Crippen LogP contribution >= 0.6 is 0 Å². The van der Waals surface area contributed by atoms with Crippen LogP contribution in [-0.4, -0.2) is 6.71 Å². The van der Waals surface area contributed by atoms with Crippen molar-refractivity contribution < 1.29 is 17.7 Å². The van der Waals surface area contributed by atoms with E-state index in [0.717, 1.165) is 134 Å². The lowest BCUT2D eigenvalue weighted by molar-refractivity contribution is 0.588. The van der Waals surface area contributed by atoms with Crippen LogP contribution in [0.2, 0.25) is 0 Å². The Balaban J connectivity index is 1.08. The molecule has 4 aromatic heterocycles. The molecule has 81 heavy (non-hydrogen) atoms. The highest BCUT2D eigenvalue weighted by Crippen LogP contribution is 2.53. The van der Waals surface area contributed by atoms with Crippen molar-refractivity contribution in [2.24, 2.45) is 0 Å². The summed E-state index contributed by atoms with van der Waals surface area (Å²) in [6, 6.07) is 74.4. The molecule has 0 radical (unpaired) electrons. The van der Waals surface area contributed by atoms with E-state index in [9.17, 15) is 0 Å². The van der Waals surface area contributed by atoms with E-state index in [0.29, 0.717) is 0 Å². The van der Waals surface area contributed by atoms with Crippen molar-refractivity contribution in [3.05, 3.63) is 223 Å². The number of rotatable bonds is 6. The molecular formula is C74H61BN2O4. The van der Waals surface area contributed by atoms with Gasteiger partial charge in [0.25, 0.3) is 6.71 Å². The van der Waals surface area contributed by atoms with Gasteiger partial charge >= 0.3 is 0 Å². The zero-order valence-electron chi connectivity index (χ0n) is 47.2. The molecule has 0 saturated heterocycles. The van der Waals surface area contributed by atoms with Crippen LogP contribution in [0.25, 0.3) is 88.8 Å². The number of fused-ring (bicyclic) bond motifs is 10. The van der Waals surface area contributed by atoms with Gasteiger partial charge < -0.3 is 17.7 Å². The van der Waals surface area contributed by atoms with Crippen LogP contribution in [0.4, 0.5) is 34.5 Å². The molecule has 15 rings (SSSR count). The minimum atomic E-state index is -0.306. The number of hydrogen-bond donors (Lipinski definition) is 0. The average Bonchev–Trinajstić information content (AvgIpc) is 3.46. The largest absolute Gasteiger partial charge is 0.456 e. The van der Waals surface area contributed by atoms with Crippen molar-refractivity contribution in [2.45, 2.75) is 78.6 Å². The van der Waals surface area contributed by atoms with Crippen LogP contribution in [0.15, 0.2) is 224 Å². The summed E-state index contributed by atoms with van der Waals surface area (Å²) < 4.78 is 28.3. The minimum Gasteiger partial charge on any atom is -0.456 e. The van der Waals surface area contributed by atoms with Gasteiger partial charge in [-0.2, -0.15) is 0 Å². The lowest BCUT2D eigenvalue weighted by Gasteiger charge is -2.42. The molecule has 0 spiro atoms. The molecule has 6 heterocycles. The van der Waals surface area contributed by atoms with Gasteiger partial charge in [-0.05, 0) is 147 Å². The molecule has 2 aliphatic rings. The third-order valence-electron chi connectivity index (χ3n) is 17.0. The third kappa shape index (κ3) is 7.84. The Morgan fingerprint density at radius 3 is 1.12 bits per heavy atom. The quantitative estimate of drug-likeness (QED) is 0.155. The van der Waals surface area contributed by atoms with Crippen molar-refractivity contribution >= 4 is 101 Å². The molecule has 7 heteroatoms. The predicted octanol–water partition coefficient (Wildman–Crippen LogP) is 19.3. The summed E-state index contributed by atoms with van der Waals surface area (Å²) in [6.07, 6.45) is 0. The summed E-state index contributed by atoms with van der Waals surface area (Å²) in [5.74, 6) is 3.21. The normalized spacial score (nSPS) is 13.4. The SMILES string of the molecule is CC(C)(C)c1cc2c3c(c1)N(c1ccc(-c4cc5ccccc5o4)cc1-c1ccccc1)c1oc4ccc(C(C)(C)C)cc4c1B3c1c(oc3ccc(C(C)(C)C)cc13)N2c1ccc(-c2cc3ccccc3o2)cc1-c1ccccc1. The minimum absolute atomic E-state index is 0.134. The Morgan fingerprint density at radius 2 is 0.716 bits per heavy atom. The number of hydrogen-bond acceptors (Lipinski definition) is 6. The maximum Gasteiger partial charge on any atom is 0.262 e. The van der Waals surface area contributed by atoms with Crippen LogP contribution in [0.3, 0.4) is 0 Å². The molecule has 0 aliphatic carbocycles. The van der Waals surface area contributed by atoms with E-state index in [1.54, 1.807) is 0 Å². The molecule has 2 aliphatic heterocycles. The third-order valence-corrected chi connectivity index (χ3v) is 17.0. The van der Waals surface area contributed by atoms with Crippen molar-refractivity contribution in [3.8, 4) is 44.9 Å². The van der Waals surface area contributed by atoms with Crippen LogP contribution in [0, 0.1) is 0 Å². The summed E-state index contributed by atoms with van der Waals surface area (Å²) in [7, 11) is 0. The van der Waals surface area contributed by atoms with Gasteiger partial charge in [-0.15, -0.1) is 0 Å². The average molecular weight is 1050 g/mol. The van der Waals surface area contributed by atoms with E-state index >= 15 is 0 Å². The van der Waals surface area contributed by atoms with Crippen LogP contribution in [0.5, 0.6) is 0 Å². The maximum absolute atomic E-state index is 7.55. The Kier molecular flexibility index (Phi) is 10.7. The molecule has 6 nitrogen and oxygen atoms in total. The Labute approximate surface area is 473 Å². The van der Waals surface area contributed by atoms with Gasteiger partial charge in [0.05, 0.1) is 11.4 Å². The van der Waals surface area contributed by atoms with E-state index < -0.39 is 0 Å². The molecule has 13 aromatic rings. The number of nitrogens with zero attached hydrogens (tertiary/aromatic N) is 2. The Morgan fingerprint density at radius 1 is 0.309 bits per heavy atom. The lowest BCUT2D eigenvalue weighted by atomic mass is 9.33. The highest BCUT2D eigenvalue weighted by molar-refractivity contribution is 7.02. The van der Waals surface area contributed by atoms with Crippen molar-refractivity contribution in [2.75, 3.05) is 9.80 Å². The fourth-order valence-corrected chi connectivity index (χ4v) is 12.6. The van der Waals surface area contributed by atoms with E-state index in [1.807, 2.05) is 24.3 Å². The summed E-state index contributed by atoms with van der Waals surface area (Å²) >= 11 is 0. The lowest BCUT2D eigenvalue weighted by Crippen LogP contribution is -2.61. The van der Waals surface area contributed by atoms with Gasteiger partial charge in [-0.3, -0.25) is 9.80 Å². The van der Waals surface area contributed by atoms with Crippen LogP contribution in [0.1, 0.15) is 79.0 Å². The maximum atomic E-state index is 7.55. The Hall–Kier alpha value is -9.20. The standard InChI is InChI=1S/C74H61BN2O4/c1-72(2,3)50-30-34-63-55(40-50)67-70(80-63)76(57-32-28-48(36-53(57)44-20-12-10-13-21-44)65-38-46-24-16-18-26-61(46)78-65)59-42-52(74(7,8)9)43-60-69(59)75(67)68-56-41-51(73(4,5)6)31-35-64(56)81-71(68)77(60)58-33-29-49(37-54(58)45-22-14-11-15-23-45)66-39-47-25-17-19-27-62(47)79-66/h10-43H,1-9H3. The first-order valence-corrected chi connectivity index (χ1v) is 28.3. The number of anilines is 6. The van der Waals surface area contributed by atoms with Crippen molar-refractivity contribution in [1.82, 2.24) is 0 Å². The second kappa shape index (κ2) is 17.7. The zero-order valence-corrected chi connectivity index (χ0v) is 47.2. The molecule has 0 amide bonds. The van der Waals surface area contributed by atoms with Crippen molar-refractivity contribution in [1.29, 1.82) is 0 Å². The zero-order chi connectivity index (χ0) is 55.3. The summed E-state index contributed by atoms with van der Waals surface area (Å²) in [5.41, 5.74) is 20.2. The molecule has 0 unspecified atom stereocenters. The topological polar surface area (TPSA) is 59.0 Å². The predicted molar refractivity (Wildman–Crippen MR) is 337 cm³/mol. The molecule has 0 bridgehead atoms. The second-order valence-corrected chi connectivity index (χ2v) is 25.3. The number of benzene rings is 9. The van der Waals surface area contributed by atoms with Gasteiger partial charge in [-0.1, -0.05) is 172 Å². The first kappa shape index (κ1) is 48.9. The first-order chi connectivity index (χ1) is 39.0. The molecule has 0 atom stereocenters. The smallest absolute Gasteiger partial charge is 0.262 e. The second-order valence-electron chi connectivity index (χ2n) is 25.3. The molecule has 0 fully saturated rings. The highest BCUT2D eigenvalue weighted by Gasteiger charge is 2.50. The van der Waals surface area contributed by atoms with E-state index in [4.69, 9.17) is 17.7 Å². The molecule has 0 N–H and O–H groups in total. The van der Waals surface area contributed by atoms with Gasteiger partial charge in [0.2, 0.25) is 11.8 Å². The van der Waals surface area contributed by atoms with Crippen molar-refractivity contribution in [3.63, 3.8) is 0 Å². The number of furan rings is 4. The van der Waals surface area contributed by atoms with E-state index in [-0.39, 0.29) is 23.0 Å². The summed E-state index contributed by atoms with van der Waals surface area (Å²) in [6.45, 7) is 20.4. The molecule has 9 aromatic carbocycles. The van der Waals surface area contributed by atoms with Gasteiger partial charge in [-0.25, -0.2) is 0 Å². The fraction of sp³-hybridized carbons (Fsp3) is 0.162. The first-order valence-electron chi connectivity index (χ1n) is 28.3. The van der Waals surface area contributed by atoms with Crippen LogP contribution < -0.4 is 26.2 Å². The van der Waals surface area contributed by atoms with Crippen LogP contribution in [-0.2, 0) is 16.2 Å². The molecule has 0 saturated carbocycles. The number of para-hydroxylation sites is 2. The van der Waals surface area contributed by atoms with Gasteiger partial charge in [0.1, 0.15) is 33.9 Å². The van der Waals surface area contributed by atoms with Gasteiger partial charge in [0.15, 0.2) is 0 Å². The molecule has 394 valence electrons. The summed E-state index contributed by atoms with van der Waals surface area (Å²) in [5, 5.41) is 4.31. The molecular weight excluding hydrogens is 992 g/mol. The summed E-state index contributed by atoms with van der Waals surface area (Å²) in [4.78, 5) is 4.88. The monoisotopic (exact) mass is 1050 g/mol. The van der Waals surface area contributed by atoms with E-state index in [1.165, 1.54) is 22.2 Å². The van der Waals surface area contributed by atoms with Gasteiger partial charge in [0, 0.05) is 66.1 Å².